The molecule has 0 aromatic rings. The smallest absolute Gasteiger partial charge is 0.387 e. The lowest BCUT2D eigenvalue weighted by Crippen LogP contribution is -2.45. The van der Waals surface area contributed by atoms with E-state index in [2.05, 4.69) is 31.3 Å². The molecule has 0 saturated heterocycles. The fourth-order valence-electron chi connectivity index (χ4n) is 9.00. The van der Waals surface area contributed by atoms with Gasteiger partial charge in [-0.15, -0.1) is 0 Å². The molecule has 0 radical (unpaired) electrons. The van der Waals surface area contributed by atoms with Crippen LogP contribution in [0.2, 0.25) is 0 Å². The molecule has 404 valence electrons. The van der Waals surface area contributed by atoms with Crippen LogP contribution in [-0.2, 0) is 18.4 Å². The number of rotatable bonds is 55. The zero-order valence-corrected chi connectivity index (χ0v) is 47.0. The number of amides is 1. The van der Waals surface area contributed by atoms with E-state index in [1.54, 1.807) is 6.08 Å². The Morgan fingerprint density at radius 3 is 1.18 bits per heavy atom. The monoisotopic (exact) mass is 982 g/mol. The molecule has 0 aliphatic heterocycles. The zero-order valence-electron chi connectivity index (χ0n) is 46.1. The number of hydrogen-bond donors (Lipinski definition) is 3. The first kappa shape index (κ1) is 67.0. The van der Waals surface area contributed by atoms with Gasteiger partial charge in [0, 0.05) is 6.42 Å². The number of nitrogens with one attached hydrogen (secondary N) is 1. The Balaban J connectivity index is 4.20. The summed E-state index contributed by atoms with van der Waals surface area (Å²) in [7, 11) is 1.57. The molecule has 8 nitrogen and oxygen atoms in total. The summed E-state index contributed by atoms with van der Waals surface area (Å²) in [5, 5.41) is 13.9. The highest BCUT2D eigenvalue weighted by Gasteiger charge is 2.27. The SMILES string of the molecule is CCCCCCCCCCCCCCCCCCCCCCC/C=C/CC/C=C/C(O)C(COP(=O)(O)OCC[N+](C)(C)C)NC(=O)CCCCCCCCCCCCCCCCCCCCC. The van der Waals surface area contributed by atoms with Crippen LogP contribution in [0.25, 0.3) is 0 Å². The van der Waals surface area contributed by atoms with Crippen molar-refractivity contribution in [3.8, 4) is 0 Å². The molecule has 3 atom stereocenters. The Morgan fingerprint density at radius 1 is 0.485 bits per heavy atom. The van der Waals surface area contributed by atoms with Crippen LogP contribution in [0, 0.1) is 0 Å². The number of phosphoric acid groups is 1. The predicted molar refractivity (Wildman–Crippen MR) is 295 cm³/mol. The van der Waals surface area contributed by atoms with Gasteiger partial charge >= 0.3 is 7.82 Å². The lowest BCUT2D eigenvalue weighted by Gasteiger charge is -2.25. The summed E-state index contributed by atoms with van der Waals surface area (Å²) in [6.45, 7) is 4.84. The average Bonchev–Trinajstić information content (AvgIpc) is 3.30. The number of carbonyl (C=O) groups is 1. The van der Waals surface area contributed by atoms with Crippen molar-refractivity contribution in [3.63, 3.8) is 0 Å². The Kier molecular flexibility index (Phi) is 50.1. The van der Waals surface area contributed by atoms with Gasteiger partial charge in [0.25, 0.3) is 0 Å². The number of hydrogen-bond acceptors (Lipinski definition) is 5. The number of nitrogens with zero attached hydrogens (tertiary/aromatic N) is 1. The zero-order chi connectivity index (χ0) is 49.9. The van der Waals surface area contributed by atoms with Crippen LogP contribution in [0.3, 0.4) is 0 Å². The third kappa shape index (κ3) is 52.8. The van der Waals surface area contributed by atoms with Gasteiger partial charge in [-0.3, -0.25) is 13.8 Å². The van der Waals surface area contributed by atoms with Crippen molar-refractivity contribution >= 4 is 13.7 Å². The topological polar surface area (TPSA) is 105 Å². The molecule has 0 rings (SSSR count). The van der Waals surface area contributed by atoms with Gasteiger partial charge in [-0.1, -0.05) is 282 Å². The highest BCUT2D eigenvalue weighted by Crippen LogP contribution is 2.43. The predicted octanol–water partition coefficient (Wildman–Crippen LogP) is 18.0. The Bertz CT molecular complexity index is 1160. The van der Waals surface area contributed by atoms with Gasteiger partial charge in [-0.2, -0.15) is 0 Å². The van der Waals surface area contributed by atoms with Crippen molar-refractivity contribution in [2.24, 2.45) is 0 Å². The summed E-state index contributed by atoms with van der Waals surface area (Å²) >= 11 is 0. The van der Waals surface area contributed by atoms with E-state index in [-0.39, 0.29) is 19.1 Å². The van der Waals surface area contributed by atoms with Crippen molar-refractivity contribution in [1.29, 1.82) is 0 Å². The molecule has 3 unspecified atom stereocenters. The molecule has 0 aromatic heterocycles. The van der Waals surface area contributed by atoms with Gasteiger partial charge in [-0.25, -0.2) is 4.57 Å². The fourth-order valence-corrected chi connectivity index (χ4v) is 9.74. The number of phosphoric ester groups is 1. The first-order chi connectivity index (χ1) is 33.0. The molecule has 0 fully saturated rings. The second kappa shape index (κ2) is 50.9. The minimum absolute atomic E-state index is 0.0588. The summed E-state index contributed by atoms with van der Waals surface area (Å²) in [5.41, 5.74) is 0. The quantitative estimate of drug-likeness (QED) is 0.0243. The average molecular weight is 983 g/mol. The Morgan fingerprint density at radius 2 is 0.809 bits per heavy atom. The lowest BCUT2D eigenvalue weighted by molar-refractivity contribution is -0.870. The molecule has 68 heavy (non-hydrogen) atoms. The van der Waals surface area contributed by atoms with E-state index in [0.717, 1.165) is 38.5 Å². The van der Waals surface area contributed by atoms with Gasteiger partial charge < -0.3 is 19.8 Å². The summed E-state index contributed by atoms with van der Waals surface area (Å²) in [6.07, 6.45) is 64.3. The molecule has 1 amide bonds. The van der Waals surface area contributed by atoms with Crippen LogP contribution in [0.5, 0.6) is 0 Å². The lowest BCUT2D eigenvalue weighted by atomic mass is 10.0. The minimum Gasteiger partial charge on any atom is -0.387 e. The summed E-state index contributed by atoms with van der Waals surface area (Å²) in [4.78, 5) is 23.3. The number of carbonyl (C=O) groups excluding carboxylic acids is 1. The molecule has 0 heterocycles. The number of unbranched alkanes of at least 4 members (excludes halogenated alkanes) is 40. The molecule has 0 spiro atoms. The summed E-state index contributed by atoms with van der Waals surface area (Å²) in [5.74, 6) is -0.181. The van der Waals surface area contributed by atoms with Crippen LogP contribution in [0.1, 0.15) is 296 Å². The first-order valence-corrected chi connectivity index (χ1v) is 31.2. The highest BCUT2D eigenvalue weighted by molar-refractivity contribution is 7.47. The maximum absolute atomic E-state index is 13.0. The normalized spacial score (nSPS) is 14.0. The van der Waals surface area contributed by atoms with Crippen LogP contribution in [0.4, 0.5) is 0 Å². The maximum Gasteiger partial charge on any atom is 0.472 e. The second-order valence-electron chi connectivity index (χ2n) is 21.7. The summed E-state index contributed by atoms with van der Waals surface area (Å²) < 4.78 is 23.7. The first-order valence-electron chi connectivity index (χ1n) is 29.7. The van der Waals surface area contributed by atoms with Crippen molar-refractivity contribution in [1.82, 2.24) is 5.32 Å². The highest BCUT2D eigenvalue weighted by atomic mass is 31.2. The van der Waals surface area contributed by atoms with Crippen molar-refractivity contribution in [2.45, 2.75) is 309 Å². The molecular formula is C59H118N2O6P+. The Hall–Kier alpha value is -1.02. The van der Waals surface area contributed by atoms with Gasteiger partial charge in [-0.05, 0) is 32.1 Å². The number of aliphatic hydroxyl groups excluding tert-OH is 1. The third-order valence-corrected chi connectivity index (χ3v) is 14.7. The van der Waals surface area contributed by atoms with Crippen LogP contribution < -0.4 is 5.32 Å². The van der Waals surface area contributed by atoms with Gasteiger partial charge in [0.05, 0.1) is 39.9 Å². The summed E-state index contributed by atoms with van der Waals surface area (Å²) in [6, 6.07) is -0.860. The largest absolute Gasteiger partial charge is 0.472 e. The number of quaternary nitrogens is 1. The molecule has 0 bridgehead atoms. The second-order valence-corrected chi connectivity index (χ2v) is 23.2. The van der Waals surface area contributed by atoms with E-state index in [9.17, 15) is 19.4 Å². The van der Waals surface area contributed by atoms with E-state index >= 15 is 0 Å². The van der Waals surface area contributed by atoms with Crippen molar-refractivity contribution in [2.75, 3.05) is 40.9 Å². The maximum atomic E-state index is 13.0. The fraction of sp³-hybridized carbons (Fsp3) is 0.915. The van der Waals surface area contributed by atoms with Gasteiger partial charge in [0.2, 0.25) is 5.91 Å². The van der Waals surface area contributed by atoms with Crippen LogP contribution in [-0.4, -0.2) is 73.4 Å². The van der Waals surface area contributed by atoms with E-state index in [4.69, 9.17) is 9.05 Å². The number of likely N-dealkylation sites (N-methyl/N-ethyl adjacent to an activating group) is 1. The molecule has 0 saturated carbocycles. The van der Waals surface area contributed by atoms with E-state index in [1.165, 1.54) is 238 Å². The van der Waals surface area contributed by atoms with E-state index in [0.29, 0.717) is 17.4 Å². The van der Waals surface area contributed by atoms with Gasteiger partial charge in [0.1, 0.15) is 13.2 Å². The molecule has 0 aliphatic carbocycles. The standard InChI is InChI=1S/C59H117N2O6P/c1-6-8-10-12-14-16-18-20-22-24-26-27-28-29-30-31-32-33-35-36-38-40-42-44-46-48-50-52-58(62)57(56-67-68(64,65)66-55-54-61(3,4)5)60-59(63)53-51-49-47-45-43-41-39-37-34-25-23-21-19-17-15-13-11-9-7-2/h42,44,50,52,57-58,62H,6-41,43,45-49,51,53-56H2,1-5H3,(H-,60,63,64,65)/p+1/b44-42+,52-50+. The molecule has 9 heteroatoms. The van der Waals surface area contributed by atoms with Crippen molar-refractivity contribution in [3.05, 3.63) is 24.3 Å². The molecule has 0 aliphatic rings. The number of allylic oxidation sites excluding steroid dienone is 3. The Labute approximate surface area is 424 Å². The molecule has 3 N–H and O–H groups in total. The van der Waals surface area contributed by atoms with Crippen LogP contribution >= 0.6 is 7.82 Å². The van der Waals surface area contributed by atoms with Crippen molar-refractivity contribution < 1.29 is 32.9 Å². The third-order valence-electron chi connectivity index (χ3n) is 13.7. The minimum atomic E-state index is -4.35. The van der Waals surface area contributed by atoms with Crippen LogP contribution in [0.15, 0.2) is 24.3 Å². The van der Waals surface area contributed by atoms with E-state index < -0.39 is 20.0 Å². The molecule has 0 aromatic carbocycles. The van der Waals surface area contributed by atoms with Gasteiger partial charge in [0.15, 0.2) is 0 Å². The number of aliphatic hydroxyl groups is 1. The molecular weight excluding hydrogens is 864 g/mol. The van der Waals surface area contributed by atoms with E-state index in [1.807, 2.05) is 27.2 Å².